The van der Waals surface area contributed by atoms with Crippen LogP contribution in [0.15, 0.2) is 28.8 Å². The van der Waals surface area contributed by atoms with E-state index >= 15 is 0 Å². The number of carbonyl (C=O) groups excluding carboxylic acids is 1. The number of benzene rings is 1. The van der Waals surface area contributed by atoms with Crippen LogP contribution in [0.1, 0.15) is 25.7 Å². The van der Waals surface area contributed by atoms with Crippen molar-refractivity contribution in [2.45, 2.75) is 32.2 Å². The number of nitrogens with two attached hydrogens (primary N) is 1. The predicted octanol–water partition coefficient (Wildman–Crippen LogP) is 3.43. The van der Waals surface area contributed by atoms with E-state index in [-0.39, 0.29) is 11.9 Å². The largest absolute Gasteiger partial charge is 0.441 e. The average molecular weight is 356 g/mol. The molecule has 124 valence electrons. The summed E-state index contributed by atoms with van der Waals surface area (Å²) in [7, 11) is 0. The molecule has 1 heterocycles. The SMILES string of the molecule is CC(N)CCNC(=O)CCc1ncc(-c2ccc(Cl)cc2Cl)o1. The van der Waals surface area contributed by atoms with E-state index in [1.807, 2.05) is 6.92 Å². The van der Waals surface area contributed by atoms with E-state index in [2.05, 4.69) is 10.3 Å². The van der Waals surface area contributed by atoms with Gasteiger partial charge in [-0.3, -0.25) is 4.79 Å². The first-order valence-electron chi connectivity index (χ1n) is 7.38. The van der Waals surface area contributed by atoms with Gasteiger partial charge in [-0.2, -0.15) is 0 Å². The Balaban J connectivity index is 1.88. The van der Waals surface area contributed by atoms with E-state index in [1.54, 1.807) is 24.4 Å². The molecule has 23 heavy (non-hydrogen) atoms. The van der Waals surface area contributed by atoms with Crippen LogP contribution in [0.25, 0.3) is 11.3 Å². The van der Waals surface area contributed by atoms with E-state index in [0.717, 1.165) is 12.0 Å². The Bertz CT molecular complexity index is 671. The van der Waals surface area contributed by atoms with Crippen molar-refractivity contribution in [3.05, 3.63) is 40.3 Å². The molecular formula is C16H19Cl2N3O2. The molecule has 3 N–H and O–H groups in total. The molecule has 1 aromatic heterocycles. The molecule has 0 spiro atoms. The molecule has 0 radical (unpaired) electrons. The van der Waals surface area contributed by atoms with Crippen LogP contribution in [0, 0.1) is 0 Å². The molecular weight excluding hydrogens is 337 g/mol. The monoisotopic (exact) mass is 355 g/mol. The Hall–Kier alpha value is -1.56. The lowest BCUT2D eigenvalue weighted by molar-refractivity contribution is -0.121. The molecule has 0 aliphatic heterocycles. The third-order valence-corrected chi connectivity index (χ3v) is 3.79. The maximum Gasteiger partial charge on any atom is 0.220 e. The van der Waals surface area contributed by atoms with Gasteiger partial charge >= 0.3 is 0 Å². The summed E-state index contributed by atoms with van der Waals surface area (Å²) in [6.45, 7) is 2.48. The van der Waals surface area contributed by atoms with Gasteiger partial charge < -0.3 is 15.5 Å². The fraction of sp³-hybridized carbons (Fsp3) is 0.375. The zero-order valence-corrected chi connectivity index (χ0v) is 14.3. The molecule has 5 nitrogen and oxygen atoms in total. The number of hydrogen-bond acceptors (Lipinski definition) is 4. The van der Waals surface area contributed by atoms with E-state index < -0.39 is 0 Å². The summed E-state index contributed by atoms with van der Waals surface area (Å²) < 4.78 is 5.64. The molecule has 0 saturated heterocycles. The normalized spacial score (nSPS) is 12.2. The van der Waals surface area contributed by atoms with Crippen molar-refractivity contribution in [3.63, 3.8) is 0 Å². The molecule has 0 aliphatic carbocycles. The van der Waals surface area contributed by atoms with Crippen molar-refractivity contribution in [1.82, 2.24) is 10.3 Å². The summed E-state index contributed by atoms with van der Waals surface area (Å²) in [6.07, 6.45) is 3.09. The van der Waals surface area contributed by atoms with E-state index in [1.165, 1.54) is 0 Å². The quantitative estimate of drug-likeness (QED) is 0.796. The number of halogens is 2. The molecule has 0 saturated carbocycles. The van der Waals surface area contributed by atoms with Crippen molar-refractivity contribution in [3.8, 4) is 11.3 Å². The Morgan fingerprint density at radius 3 is 2.91 bits per heavy atom. The number of aromatic nitrogens is 1. The highest BCUT2D eigenvalue weighted by atomic mass is 35.5. The minimum absolute atomic E-state index is 0.0464. The topological polar surface area (TPSA) is 81.1 Å². The second-order valence-corrected chi connectivity index (χ2v) is 6.20. The Labute approximate surface area is 145 Å². The average Bonchev–Trinajstić information content (AvgIpc) is 2.93. The van der Waals surface area contributed by atoms with Crippen molar-refractivity contribution in [2.75, 3.05) is 6.54 Å². The molecule has 1 amide bonds. The van der Waals surface area contributed by atoms with Gasteiger partial charge in [-0.15, -0.1) is 0 Å². The van der Waals surface area contributed by atoms with Crippen molar-refractivity contribution in [2.24, 2.45) is 5.73 Å². The number of carbonyl (C=O) groups is 1. The van der Waals surface area contributed by atoms with Gasteiger partial charge in [-0.05, 0) is 31.5 Å². The van der Waals surface area contributed by atoms with Crippen LogP contribution in [0.2, 0.25) is 10.0 Å². The third-order valence-electron chi connectivity index (χ3n) is 3.24. The van der Waals surface area contributed by atoms with Gasteiger partial charge in [0.1, 0.15) is 0 Å². The van der Waals surface area contributed by atoms with Crippen molar-refractivity contribution in [1.29, 1.82) is 0 Å². The number of hydrogen-bond donors (Lipinski definition) is 2. The van der Waals surface area contributed by atoms with E-state index in [9.17, 15) is 4.79 Å². The van der Waals surface area contributed by atoms with Crippen LogP contribution >= 0.6 is 23.2 Å². The first-order chi connectivity index (χ1) is 11.0. The van der Waals surface area contributed by atoms with Gasteiger partial charge in [-0.1, -0.05) is 23.2 Å². The number of nitrogens with zero attached hydrogens (tertiary/aromatic N) is 1. The summed E-state index contributed by atoms with van der Waals surface area (Å²) in [6, 6.07) is 5.23. The maximum atomic E-state index is 11.7. The summed E-state index contributed by atoms with van der Waals surface area (Å²) in [5.41, 5.74) is 6.35. The highest BCUT2D eigenvalue weighted by molar-refractivity contribution is 6.36. The number of rotatable bonds is 7. The van der Waals surface area contributed by atoms with Gasteiger partial charge in [0.2, 0.25) is 5.91 Å². The van der Waals surface area contributed by atoms with Crippen LogP contribution in [-0.2, 0) is 11.2 Å². The number of oxazole rings is 1. The van der Waals surface area contributed by atoms with Crippen LogP contribution in [0.4, 0.5) is 0 Å². The van der Waals surface area contributed by atoms with Crippen LogP contribution in [0.3, 0.4) is 0 Å². The van der Waals surface area contributed by atoms with Gasteiger partial charge in [0, 0.05) is 36.0 Å². The molecule has 1 aromatic carbocycles. The highest BCUT2D eigenvalue weighted by Crippen LogP contribution is 2.30. The molecule has 0 aliphatic rings. The zero-order valence-electron chi connectivity index (χ0n) is 12.8. The van der Waals surface area contributed by atoms with Crippen molar-refractivity contribution >= 4 is 29.1 Å². The number of aryl methyl sites for hydroxylation is 1. The lowest BCUT2D eigenvalue weighted by Crippen LogP contribution is -2.29. The Morgan fingerprint density at radius 2 is 2.22 bits per heavy atom. The summed E-state index contributed by atoms with van der Waals surface area (Å²) >= 11 is 12.0. The van der Waals surface area contributed by atoms with Gasteiger partial charge in [0.05, 0.1) is 11.2 Å². The Morgan fingerprint density at radius 1 is 1.43 bits per heavy atom. The lowest BCUT2D eigenvalue weighted by atomic mass is 10.2. The minimum Gasteiger partial charge on any atom is -0.441 e. The molecule has 2 rings (SSSR count). The maximum absolute atomic E-state index is 11.7. The van der Waals surface area contributed by atoms with E-state index in [0.29, 0.717) is 41.1 Å². The number of nitrogens with one attached hydrogen (secondary N) is 1. The molecule has 0 bridgehead atoms. The fourth-order valence-corrected chi connectivity index (χ4v) is 2.49. The third kappa shape index (κ3) is 5.53. The molecule has 1 unspecified atom stereocenters. The van der Waals surface area contributed by atoms with Gasteiger partial charge in [-0.25, -0.2) is 4.98 Å². The summed E-state index contributed by atoms with van der Waals surface area (Å²) in [5.74, 6) is 1.00. The molecule has 1 atom stereocenters. The zero-order chi connectivity index (χ0) is 16.8. The van der Waals surface area contributed by atoms with Gasteiger partial charge in [0.15, 0.2) is 11.7 Å². The summed E-state index contributed by atoms with van der Waals surface area (Å²) in [4.78, 5) is 15.9. The van der Waals surface area contributed by atoms with Crippen LogP contribution < -0.4 is 11.1 Å². The Kier molecular flexibility index (Phi) is 6.45. The van der Waals surface area contributed by atoms with Crippen LogP contribution in [-0.4, -0.2) is 23.5 Å². The van der Waals surface area contributed by atoms with Gasteiger partial charge in [0.25, 0.3) is 0 Å². The van der Waals surface area contributed by atoms with Crippen molar-refractivity contribution < 1.29 is 9.21 Å². The molecule has 7 heteroatoms. The van der Waals surface area contributed by atoms with Crippen LogP contribution in [0.5, 0.6) is 0 Å². The first kappa shape index (κ1) is 17.8. The smallest absolute Gasteiger partial charge is 0.220 e. The number of amides is 1. The molecule has 2 aromatic rings. The predicted molar refractivity (Wildman–Crippen MR) is 91.6 cm³/mol. The fourth-order valence-electron chi connectivity index (χ4n) is 1.99. The lowest BCUT2D eigenvalue weighted by Gasteiger charge is -2.06. The second kappa shape index (κ2) is 8.34. The van der Waals surface area contributed by atoms with E-state index in [4.69, 9.17) is 33.4 Å². The first-order valence-corrected chi connectivity index (χ1v) is 8.13. The second-order valence-electron chi connectivity index (χ2n) is 5.36. The highest BCUT2D eigenvalue weighted by Gasteiger charge is 2.11. The minimum atomic E-state index is -0.0464. The standard InChI is InChI=1S/C16H19Cl2N3O2/c1-10(19)6-7-20-15(22)4-5-16-21-9-14(23-16)12-3-2-11(17)8-13(12)18/h2-3,8-10H,4-7,19H2,1H3,(H,20,22). The summed E-state index contributed by atoms with van der Waals surface area (Å²) in [5, 5.41) is 3.87. The molecule has 0 fully saturated rings.